The summed E-state index contributed by atoms with van der Waals surface area (Å²) < 4.78 is 52.4. The Labute approximate surface area is 224 Å². The van der Waals surface area contributed by atoms with Gasteiger partial charge in [-0.1, -0.05) is 23.2 Å². The maximum absolute atomic E-state index is 13.1. The summed E-state index contributed by atoms with van der Waals surface area (Å²) in [6, 6.07) is 8.06. The lowest BCUT2D eigenvalue weighted by Crippen LogP contribution is -2.28. The molecule has 0 heterocycles. The van der Waals surface area contributed by atoms with Crippen LogP contribution in [0.2, 0.25) is 10.0 Å². The summed E-state index contributed by atoms with van der Waals surface area (Å²) in [6.45, 7) is 2.55. The Bertz CT molecular complexity index is 1130. The number of alkyl halides is 1. The van der Waals surface area contributed by atoms with E-state index in [1.165, 1.54) is 57.4 Å². The number of methoxy groups -OCH3 is 1. The van der Waals surface area contributed by atoms with Crippen molar-refractivity contribution in [2.45, 2.75) is 35.8 Å². The third-order valence-corrected chi connectivity index (χ3v) is 7.11. The van der Waals surface area contributed by atoms with Crippen molar-refractivity contribution in [2.24, 2.45) is 0 Å². The Morgan fingerprint density at radius 1 is 0.833 bits per heavy atom. The number of ether oxygens (including phenoxy) is 5. The van der Waals surface area contributed by atoms with Gasteiger partial charge in [0.05, 0.1) is 32.3 Å². The second kappa shape index (κ2) is 13.9. The molecule has 0 aliphatic rings. The van der Waals surface area contributed by atoms with Gasteiger partial charge in [0.25, 0.3) is 0 Å². The second-order valence-corrected chi connectivity index (χ2v) is 10.5. The summed E-state index contributed by atoms with van der Waals surface area (Å²) in [5.41, 5.74) is 0. The van der Waals surface area contributed by atoms with Gasteiger partial charge in [0.1, 0.15) is 25.1 Å². The van der Waals surface area contributed by atoms with Crippen molar-refractivity contribution in [3.63, 3.8) is 0 Å². The van der Waals surface area contributed by atoms with Gasteiger partial charge in [-0.05, 0) is 36.4 Å². The zero-order valence-electron chi connectivity index (χ0n) is 19.7. The molecule has 36 heavy (non-hydrogen) atoms. The van der Waals surface area contributed by atoms with Crippen LogP contribution in [0.3, 0.4) is 0 Å². The van der Waals surface area contributed by atoms with E-state index in [-0.39, 0.29) is 51.3 Å². The smallest absolute Gasteiger partial charge is 0.303 e. The van der Waals surface area contributed by atoms with Gasteiger partial charge >= 0.3 is 11.9 Å². The van der Waals surface area contributed by atoms with Crippen LogP contribution in [0.25, 0.3) is 0 Å². The molecule has 0 fully saturated rings. The molecule has 198 valence electrons. The summed E-state index contributed by atoms with van der Waals surface area (Å²) in [5, 5.41) is -0.0985. The largest absolute Gasteiger partial charge is 0.490 e. The van der Waals surface area contributed by atoms with Crippen molar-refractivity contribution >= 4 is 56.6 Å². The Morgan fingerprint density at radius 3 is 1.86 bits per heavy atom. The number of carbonyl (C=O) groups is 2. The molecule has 2 aromatic rings. The molecule has 0 aliphatic heterocycles. The molecule has 2 atom stereocenters. The number of benzene rings is 2. The van der Waals surface area contributed by atoms with Crippen LogP contribution in [0.15, 0.2) is 46.2 Å². The van der Waals surface area contributed by atoms with E-state index in [0.717, 1.165) is 0 Å². The Morgan fingerprint density at radius 2 is 1.36 bits per heavy atom. The molecule has 0 aliphatic carbocycles. The van der Waals surface area contributed by atoms with Crippen LogP contribution in [-0.2, 0) is 33.6 Å². The van der Waals surface area contributed by atoms with E-state index in [1.54, 1.807) is 0 Å². The molecule has 9 nitrogen and oxygen atoms in total. The number of esters is 2. The van der Waals surface area contributed by atoms with Gasteiger partial charge in [0.15, 0.2) is 11.9 Å². The SMILES string of the molecule is COC[C@@H](COc1ccc(S(=O)(=O)c2cc(Cl)c(OC[C@@H](CCl)OC(C)=O)c(Cl)c2)cc1)OC(C)=O. The van der Waals surface area contributed by atoms with Gasteiger partial charge in [-0.25, -0.2) is 8.42 Å². The van der Waals surface area contributed by atoms with E-state index in [1.807, 2.05) is 0 Å². The summed E-state index contributed by atoms with van der Waals surface area (Å²) in [7, 11) is -2.52. The summed E-state index contributed by atoms with van der Waals surface area (Å²) in [5.74, 6) is -0.624. The van der Waals surface area contributed by atoms with E-state index in [9.17, 15) is 18.0 Å². The molecule has 0 bridgehead atoms. The second-order valence-electron chi connectivity index (χ2n) is 7.39. The zero-order chi connectivity index (χ0) is 26.9. The number of sulfone groups is 1. The summed E-state index contributed by atoms with van der Waals surface area (Å²) >= 11 is 18.2. The topological polar surface area (TPSA) is 114 Å². The van der Waals surface area contributed by atoms with E-state index in [0.29, 0.717) is 5.75 Å². The molecule has 0 aromatic heterocycles. The first-order chi connectivity index (χ1) is 17.0. The molecule has 0 saturated heterocycles. The van der Waals surface area contributed by atoms with Crippen molar-refractivity contribution in [1.29, 1.82) is 0 Å². The highest BCUT2D eigenvalue weighted by Gasteiger charge is 2.23. The molecule has 0 amide bonds. The fourth-order valence-electron chi connectivity index (χ4n) is 2.93. The predicted molar refractivity (Wildman–Crippen MR) is 133 cm³/mol. The van der Waals surface area contributed by atoms with Crippen molar-refractivity contribution in [3.8, 4) is 11.5 Å². The average molecular weight is 584 g/mol. The van der Waals surface area contributed by atoms with Crippen molar-refractivity contribution in [3.05, 3.63) is 46.4 Å². The maximum atomic E-state index is 13.1. The van der Waals surface area contributed by atoms with Crippen LogP contribution in [0, 0.1) is 0 Å². The minimum atomic E-state index is -3.98. The molecule has 0 saturated carbocycles. The highest BCUT2D eigenvalue weighted by atomic mass is 35.5. The number of rotatable bonds is 13. The first-order valence-corrected chi connectivity index (χ1v) is 13.2. The van der Waals surface area contributed by atoms with Crippen LogP contribution < -0.4 is 9.47 Å². The molecular weight excluding hydrogens is 559 g/mol. The van der Waals surface area contributed by atoms with E-state index < -0.39 is 34.0 Å². The fraction of sp³-hybridized carbons (Fsp3) is 0.391. The van der Waals surface area contributed by atoms with Crippen LogP contribution in [0.1, 0.15) is 13.8 Å². The van der Waals surface area contributed by atoms with Gasteiger partial charge in [-0.2, -0.15) is 0 Å². The predicted octanol–water partition coefficient (Wildman–Crippen LogP) is 4.33. The summed E-state index contributed by atoms with van der Waals surface area (Å²) in [6.07, 6.45) is -1.35. The first kappa shape index (κ1) is 30.0. The highest BCUT2D eigenvalue weighted by Crippen LogP contribution is 2.37. The van der Waals surface area contributed by atoms with Crippen molar-refractivity contribution in [2.75, 3.05) is 32.8 Å². The third kappa shape index (κ3) is 8.70. The van der Waals surface area contributed by atoms with Crippen molar-refractivity contribution < 1.29 is 41.7 Å². The molecule has 13 heteroatoms. The van der Waals surface area contributed by atoms with Crippen LogP contribution >= 0.6 is 34.8 Å². The molecule has 0 N–H and O–H groups in total. The minimum absolute atomic E-state index is 0.0161. The molecule has 0 radical (unpaired) electrons. The molecule has 2 rings (SSSR count). The molecule has 2 aromatic carbocycles. The van der Waals surface area contributed by atoms with Crippen LogP contribution in [0.5, 0.6) is 11.5 Å². The zero-order valence-corrected chi connectivity index (χ0v) is 22.7. The van der Waals surface area contributed by atoms with E-state index >= 15 is 0 Å². The number of halogens is 3. The Hall–Kier alpha value is -2.24. The lowest BCUT2D eigenvalue weighted by atomic mass is 10.3. The number of carbonyl (C=O) groups excluding carboxylic acids is 2. The molecule has 0 spiro atoms. The van der Waals surface area contributed by atoms with Gasteiger partial charge < -0.3 is 23.7 Å². The number of hydrogen-bond donors (Lipinski definition) is 0. The van der Waals surface area contributed by atoms with Crippen molar-refractivity contribution in [1.82, 2.24) is 0 Å². The third-order valence-electron chi connectivity index (χ3n) is 4.46. The van der Waals surface area contributed by atoms with Crippen LogP contribution in [0.4, 0.5) is 0 Å². The number of hydrogen-bond acceptors (Lipinski definition) is 9. The Balaban J connectivity index is 2.15. The standard InChI is InChI=1S/C23H25Cl3O9S/c1-14(27)34-17(10-24)12-33-23-21(25)8-20(9-22(23)26)36(29,30)19-6-4-16(5-7-19)32-13-18(11-31-3)35-15(2)28/h4-9,17-18H,10-13H2,1-3H3/t17-,18+/m1/s1. The first-order valence-electron chi connectivity index (χ1n) is 10.5. The normalized spacial score (nSPS) is 12.9. The van der Waals surface area contributed by atoms with Gasteiger partial charge in [-0.15, -0.1) is 11.6 Å². The van der Waals surface area contributed by atoms with Gasteiger partial charge in [-0.3, -0.25) is 9.59 Å². The maximum Gasteiger partial charge on any atom is 0.303 e. The van der Waals surface area contributed by atoms with Gasteiger partial charge in [0, 0.05) is 21.0 Å². The average Bonchev–Trinajstić information content (AvgIpc) is 2.81. The summed E-state index contributed by atoms with van der Waals surface area (Å²) in [4.78, 5) is 22.1. The highest BCUT2D eigenvalue weighted by molar-refractivity contribution is 7.91. The molecule has 0 unspecified atom stereocenters. The monoisotopic (exact) mass is 582 g/mol. The lowest BCUT2D eigenvalue weighted by Gasteiger charge is -2.17. The van der Waals surface area contributed by atoms with E-state index in [4.69, 9.17) is 58.5 Å². The Kier molecular flexibility index (Phi) is 11.6. The molecular formula is C23H25Cl3O9S. The minimum Gasteiger partial charge on any atom is -0.490 e. The van der Waals surface area contributed by atoms with Gasteiger partial charge in [0.2, 0.25) is 9.84 Å². The van der Waals surface area contributed by atoms with E-state index in [2.05, 4.69) is 0 Å². The lowest BCUT2D eigenvalue weighted by molar-refractivity contribution is -0.150. The quantitative estimate of drug-likeness (QED) is 0.251. The van der Waals surface area contributed by atoms with Crippen LogP contribution in [-0.4, -0.2) is 65.4 Å². The fourth-order valence-corrected chi connectivity index (χ4v) is 5.12.